The second-order valence-electron chi connectivity index (χ2n) is 7.50. The lowest BCUT2D eigenvalue weighted by Crippen LogP contribution is -2.34. The average molecular weight is 407 g/mol. The maximum absolute atomic E-state index is 13.3. The number of pyridine rings is 1. The maximum atomic E-state index is 13.3. The van der Waals surface area contributed by atoms with Crippen LogP contribution in [0, 0.1) is 19.7 Å². The van der Waals surface area contributed by atoms with Gasteiger partial charge in [-0.25, -0.2) is 9.37 Å². The molecule has 3 heterocycles. The van der Waals surface area contributed by atoms with Crippen LogP contribution in [0.25, 0.3) is 22.4 Å². The number of nitrogens with zero attached hydrogens (tertiary/aromatic N) is 4. The fourth-order valence-corrected chi connectivity index (χ4v) is 3.57. The molecule has 0 saturated carbocycles. The van der Waals surface area contributed by atoms with Crippen molar-refractivity contribution < 1.29 is 13.7 Å². The zero-order valence-corrected chi connectivity index (χ0v) is 17.2. The van der Waals surface area contributed by atoms with E-state index in [1.165, 1.54) is 12.1 Å². The summed E-state index contributed by atoms with van der Waals surface area (Å²) in [5, 5.41) is 11.9. The Hall–Kier alpha value is -3.55. The van der Waals surface area contributed by atoms with Crippen molar-refractivity contribution in [3.63, 3.8) is 0 Å². The SMILES string of the molecule is Cc1nn(C)cc1C[C@@H](C)NC(=O)c1cc(-c2ccc(F)cc2)nc2onc(C)c12. The van der Waals surface area contributed by atoms with Crippen LogP contribution in [0.4, 0.5) is 4.39 Å². The van der Waals surface area contributed by atoms with Crippen LogP contribution in [0.5, 0.6) is 0 Å². The number of carbonyl (C=O) groups is 1. The zero-order valence-electron chi connectivity index (χ0n) is 17.2. The number of hydrogen-bond donors (Lipinski definition) is 1. The van der Waals surface area contributed by atoms with Gasteiger partial charge >= 0.3 is 0 Å². The first-order valence-electron chi connectivity index (χ1n) is 9.64. The first kappa shape index (κ1) is 19.8. The molecule has 1 amide bonds. The number of aromatic nitrogens is 4. The molecule has 7 nitrogen and oxygen atoms in total. The van der Waals surface area contributed by atoms with E-state index in [4.69, 9.17) is 4.52 Å². The van der Waals surface area contributed by atoms with E-state index in [1.54, 1.807) is 29.8 Å². The molecule has 0 radical (unpaired) electrons. The van der Waals surface area contributed by atoms with Crippen LogP contribution in [-0.4, -0.2) is 31.9 Å². The summed E-state index contributed by atoms with van der Waals surface area (Å²) in [6.45, 7) is 5.67. The molecular formula is C22H22FN5O2. The minimum Gasteiger partial charge on any atom is -0.349 e. The highest BCUT2D eigenvalue weighted by Crippen LogP contribution is 2.27. The maximum Gasteiger partial charge on any atom is 0.259 e. The molecule has 0 aliphatic rings. The topological polar surface area (TPSA) is 85.8 Å². The summed E-state index contributed by atoms with van der Waals surface area (Å²) in [4.78, 5) is 17.6. The van der Waals surface area contributed by atoms with Crippen molar-refractivity contribution in [1.82, 2.24) is 25.2 Å². The quantitative estimate of drug-likeness (QED) is 0.545. The van der Waals surface area contributed by atoms with E-state index in [2.05, 4.69) is 20.6 Å². The van der Waals surface area contributed by atoms with E-state index in [9.17, 15) is 9.18 Å². The van der Waals surface area contributed by atoms with Crippen LogP contribution in [0.2, 0.25) is 0 Å². The van der Waals surface area contributed by atoms with Gasteiger partial charge in [-0.1, -0.05) is 5.16 Å². The Balaban J connectivity index is 1.66. The van der Waals surface area contributed by atoms with Gasteiger partial charge in [0.15, 0.2) is 0 Å². The molecule has 154 valence electrons. The summed E-state index contributed by atoms with van der Waals surface area (Å²) in [5.74, 6) is -0.584. The molecule has 1 aromatic carbocycles. The second kappa shape index (κ2) is 7.70. The van der Waals surface area contributed by atoms with Crippen molar-refractivity contribution in [1.29, 1.82) is 0 Å². The highest BCUT2D eigenvalue weighted by atomic mass is 19.1. The predicted octanol–water partition coefficient (Wildman–Crippen LogP) is 3.74. The summed E-state index contributed by atoms with van der Waals surface area (Å²) in [7, 11) is 1.87. The van der Waals surface area contributed by atoms with Gasteiger partial charge in [0.05, 0.1) is 28.0 Å². The highest BCUT2D eigenvalue weighted by Gasteiger charge is 2.21. The third-order valence-corrected chi connectivity index (χ3v) is 5.02. The molecule has 8 heteroatoms. The van der Waals surface area contributed by atoms with Gasteiger partial charge in [-0.3, -0.25) is 9.48 Å². The lowest BCUT2D eigenvalue weighted by molar-refractivity contribution is 0.0941. The third kappa shape index (κ3) is 3.80. The fraction of sp³-hybridized carbons (Fsp3) is 0.273. The zero-order chi connectivity index (χ0) is 21.4. The van der Waals surface area contributed by atoms with Crippen LogP contribution >= 0.6 is 0 Å². The number of hydrogen-bond acceptors (Lipinski definition) is 5. The van der Waals surface area contributed by atoms with Crippen LogP contribution in [0.1, 0.15) is 34.2 Å². The Bertz CT molecular complexity index is 1230. The standard InChI is InChI=1S/C22H22FN5O2/c1-12(9-16-11-28(4)26-13(16)2)24-21(29)18-10-19(15-5-7-17(23)8-6-15)25-22-20(18)14(3)27-30-22/h5-8,10-12H,9H2,1-4H3,(H,24,29)/t12-/m1/s1. The molecule has 4 rings (SSSR count). The predicted molar refractivity (Wildman–Crippen MR) is 111 cm³/mol. The lowest BCUT2D eigenvalue weighted by atomic mass is 10.0. The van der Waals surface area contributed by atoms with E-state index in [0.29, 0.717) is 34.3 Å². The van der Waals surface area contributed by atoms with Crippen LogP contribution in [-0.2, 0) is 13.5 Å². The van der Waals surface area contributed by atoms with E-state index >= 15 is 0 Å². The van der Waals surface area contributed by atoms with Crippen molar-refractivity contribution in [2.75, 3.05) is 0 Å². The summed E-state index contributed by atoms with van der Waals surface area (Å²) in [6.07, 6.45) is 2.62. The van der Waals surface area contributed by atoms with Crippen molar-refractivity contribution >= 4 is 17.0 Å². The number of amides is 1. The second-order valence-corrected chi connectivity index (χ2v) is 7.50. The van der Waals surface area contributed by atoms with Gasteiger partial charge in [-0.15, -0.1) is 0 Å². The Labute approximate surface area is 172 Å². The molecule has 30 heavy (non-hydrogen) atoms. The molecule has 0 aliphatic heterocycles. The summed E-state index contributed by atoms with van der Waals surface area (Å²) in [6, 6.07) is 7.51. The summed E-state index contributed by atoms with van der Waals surface area (Å²) >= 11 is 0. The Morgan fingerprint density at radius 1 is 1.23 bits per heavy atom. The molecule has 3 aromatic heterocycles. The van der Waals surface area contributed by atoms with E-state index in [1.807, 2.05) is 27.1 Å². The molecular weight excluding hydrogens is 385 g/mol. The van der Waals surface area contributed by atoms with E-state index < -0.39 is 0 Å². The largest absolute Gasteiger partial charge is 0.349 e. The van der Waals surface area contributed by atoms with Gasteiger partial charge in [0.2, 0.25) is 0 Å². The third-order valence-electron chi connectivity index (χ3n) is 5.02. The fourth-order valence-electron chi connectivity index (χ4n) is 3.57. The number of carbonyl (C=O) groups excluding carboxylic acids is 1. The number of aryl methyl sites for hydroxylation is 3. The normalized spacial score (nSPS) is 12.3. The number of nitrogens with one attached hydrogen (secondary N) is 1. The lowest BCUT2D eigenvalue weighted by Gasteiger charge is -2.14. The van der Waals surface area contributed by atoms with Gasteiger partial charge in [0, 0.05) is 24.8 Å². The van der Waals surface area contributed by atoms with Crippen LogP contribution in [0.15, 0.2) is 41.1 Å². The minimum absolute atomic E-state index is 0.113. The molecule has 1 N–H and O–H groups in total. The highest BCUT2D eigenvalue weighted by molar-refractivity contribution is 6.07. The van der Waals surface area contributed by atoms with Crippen molar-refractivity contribution in [3.8, 4) is 11.3 Å². The first-order chi connectivity index (χ1) is 14.3. The van der Waals surface area contributed by atoms with Crippen molar-refractivity contribution in [2.45, 2.75) is 33.2 Å². The monoisotopic (exact) mass is 407 g/mol. The van der Waals surface area contributed by atoms with Crippen molar-refractivity contribution in [3.05, 3.63) is 64.9 Å². The van der Waals surface area contributed by atoms with Crippen LogP contribution in [0.3, 0.4) is 0 Å². The number of rotatable bonds is 5. The molecule has 0 saturated heterocycles. The van der Waals surface area contributed by atoms with Gasteiger partial charge in [-0.2, -0.15) is 5.10 Å². The van der Waals surface area contributed by atoms with Gasteiger partial charge in [0.25, 0.3) is 11.6 Å². The molecule has 0 unspecified atom stereocenters. The molecule has 1 atom stereocenters. The number of halogens is 1. The number of fused-ring (bicyclic) bond motifs is 1. The molecule has 0 fully saturated rings. The summed E-state index contributed by atoms with van der Waals surface area (Å²) in [5.41, 5.74) is 4.50. The molecule has 4 aromatic rings. The Morgan fingerprint density at radius 3 is 2.63 bits per heavy atom. The molecule has 0 spiro atoms. The minimum atomic E-state index is -0.340. The molecule has 0 aliphatic carbocycles. The summed E-state index contributed by atoms with van der Waals surface area (Å²) < 4.78 is 20.4. The molecule has 0 bridgehead atoms. The van der Waals surface area contributed by atoms with E-state index in [-0.39, 0.29) is 23.5 Å². The Morgan fingerprint density at radius 2 is 1.97 bits per heavy atom. The van der Waals surface area contributed by atoms with Crippen molar-refractivity contribution in [2.24, 2.45) is 7.05 Å². The van der Waals surface area contributed by atoms with E-state index in [0.717, 1.165) is 11.3 Å². The van der Waals surface area contributed by atoms with Crippen LogP contribution < -0.4 is 5.32 Å². The van der Waals surface area contributed by atoms with Gasteiger partial charge in [-0.05, 0) is 63.1 Å². The Kier molecular flexibility index (Phi) is 5.07. The van der Waals surface area contributed by atoms with Gasteiger partial charge < -0.3 is 9.84 Å². The van der Waals surface area contributed by atoms with Gasteiger partial charge in [0.1, 0.15) is 5.82 Å². The first-order valence-corrected chi connectivity index (χ1v) is 9.64. The average Bonchev–Trinajstić information content (AvgIpc) is 3.23. The number of benzene rings is 1. The smallest absolute Gasteiger partial charge is 0.259 e.